The average molecular weight is 311 g/mol. The fraction of sp³-hybridized carbons (Fsp3) is 0.571. The number of carbonyl (C=O) groups is 1. The molecule has 2 atom stereocenters. The second kappa shape index (κ2) is 6.32. The minimum atomic E-state index is -0.0537. The fourth-order valence-corrected chi connectivity index (χ4v) is 2.64. The normalized spacial score (nSPS) is 24.3. The summed E-state index contributed by atoms with van der Waals surface area (Å²) in [5, 5.41) is 3.10. The Kier molecular flexibility index (Phi) is 4.75. The number of nitrogens with one attached hydrogen (secondary N) is 1. The molecule has 1 saturated carbocycles. The quantitative estimate of drug-likeness (QED) is 0.849. The molecule has 2 unspecified atom stereocenters. The Hall–Kier alpha value is -0.900. The van der Waals surface area contributed by atoms with E-state index in [9.17, 15) is 4.79 Å². The summed E-state index contributed by atoms with van der Waals surface area (Å²) in [5.74, 6) is 0.736. The molecule has 1 aliphatic carbocycles. The van der Waals surface area contributed by atoms with Crippen LogP contribution in [-0.2, 0) is 0 Å². The van der Waals surface area contributed by atoms with Crippen molar-refractivity contribution in [1.82, 2.24) is 10.3 Å². The van der Waals surface area contributed by atoms with E-state index in [1.165, 1.54) is 19.3 Å². The van der Waals surface area contributed by atoms with Crippen molar-refractivity contribution >= 4 is 21.8 Å². The van der Waals surface area contributed by atoms with E-state index in [-0.39, 0.29) is 5.91 Å². The van der Waals surface area contributed by atoms with Crippen LogP contribution in [0, 0.1) is 5.92 Å². The number of hydrogen-bond donors (Lipinski definition) is 1. The number of halogens is 1. The van der Waals surface area contributed by atoms with Crippen molar-refractivity contribution in [3.63, 3.8) is 0 Å². The Balaban J connectivity index is 1.92. The summed E-state index contributed by atoms with van der Waals surface area (Å²) in [6.45, 7) is 2.29. The van der Waals surface area contributed by atoms with Crippen LogP contribution in [-0.4, -0.2) is 16.9 Å². The minimum absolute atomic E-state index is 0.0537. The smallest absolute Gasteiger partial charge is 0.270 e. The van der Waals surface area contributed by atoms with Gasteiger partial charge in [-0.15, -0.1) is 0 Å². The molecule has 1 aromatic rings. The van der Waals surface area contributed by atoms with E-state index in [1.807, 2.05) is 6.07 Å². The lowest BCUT2D eigenvalue weighted by atomic mass is 10.0. The second-order valence-corrected chi connectivity index (χ2v) is 6.06. The Morgan fingerprint density at radius 3 is 2.89 bits per heavy atom. The molecular formula is C14H19BrN2O. The van der Waals surface area contributed by atoms with E-state index < -0.39 is 0 Å². The van der Waals surface area contributed by atoms with Crippen LogP contribution in [0.25, 0.3) is 0 Å². The summed E-state index contributed by atoms with van der Waals surface area (Å²) in [4.78, 5) is 16.2. The molecule has 4 heteroatoms. The highest BCUT2D eigenvalue weighted by molar-refractivity contribution is 9.10. The molecule has 1 N–H and O–H groups in total. The maximum absolute atomic E-state index is 12.0. The van der Waals surface area contributed by atoms with Crippen LogP contribution in [0.1, 0.15) is 49.5 Å². The maximum Gasteiger partial charge on any atom is 0.270 e. The first-order chi connectivity index (χ1) is 8.65. The fourth-order valence-electron chi connectivity index (χ4n) is 2.40. The van der Waals surface area contributed by atoms with Gasteiger partial charge in [-0.05, 0) is 53.2 Å². The summed E-state index contributed by atoms with van der Waals surface area (Å²) in [7, 11) is 0. The van der Waals surface area contributed by atoms with Crippen LogP contribution < -0.4 is 5.32 Å². The van der Waals surface area contributed by atoms with Crippen LogP contribution in [0.3, 0.4) is 0 Å². The first-order valence-corrected chi connectivity index (χ1v) is 7.37. The van der Waals surface area contributed by atoms with Crippen molar-refractivity contribution in [2.24, 2.45) is 5.92 Å². The van der Waals surface area contributed by atoms with E-state index >= 15 is 0 Å². The van der Waals surface area contributed by atoms with Crippen LogP contribution >= 0.6 is 15.9 Å². The molecule has 1 fully saturated rings. The zero-order chi connectivity index (χ0) is 13.0. The molecule has 0 aliphatic heterocycles. The van der Waals surface area contributed by atoms with Crippen molar-refractivity contribution in [3.8, 4) is 0 Å². The third-order valence-corrected chi connectivity index (χ3v) is 4.02. The summed E-state index contributed by atoms with van der Waals surface area (Å²) < 4.78 is 0.891. The van der Waals surface area contributed by atoms with Gasteiger partial charge in [-0.2, -0.15) is 0 Å². The highest BCUT2D eigenvalue weighted by Crippen LogP contribution is 2.22. The summed E-state index contributed by atoms with van der Waals surface area (Å²) >= 11 is 3.32. The lowest BCUT2D eigenvalue weighted by molar-refractivity contribution is 0.0928. The highest BCUT2D eigenvalue weighted by Gasteiger charge is 2.18. The van der Waals surface area contributed by atoms with Crippen molar-refractivity contribution in [3.05, 3.63) is 28.5 Å². The SMILES string of the molecule is CC1CCCC(NC(=O)c2ccc(Br)cn2)CC1. The number of hydrogen-bond acceptors (Lipinski definition) is 2. The Labute approximate surface area is 117 Å². The van der Waals surface area contributed by atoms with Crippen molar-refractivity contribution in [1.29, 1.82) is 0 Å². The molecular weight excluding hydrogens is 292 g/mol. The van der Waals surface area contributed by atoms with Gasteiger partial charge in [0.25, 0.3) is 5.91 Å². The predicted molar refractivity (Wildman–Crippen MR) is 75.4 cm³/mol. The van der Waals surface area contributed by atoms with Crippen LogP contribution in [0.4, 0.5) is 0 Å². The van der Waals surface area contributed by atoms with Gasteiger partial charge in [0.1, 0.15) is 5.69 Å². The molecule has 1 aromatic heterocycles. The van der Waals surface area contributed by atoms with Gasteiger partial charge in [0.2, 0.25) is 0 Å². The largest absolute Gasteiger partial charge is 0.348 e. The number of nitrogens with zero attached hydrogens (tertiary/aromatic N) is 1. The van der Waals surface area contributed by atoms with Gasteiger partial charge >= 0.3 is 0 Å². The van der Waals surface area contributed by atoms with Gasteiger partial charge in [0, 0.05) is 16.7 Å². The van der Waals surface area contributed by atoms with Crippen LogP contribution in [0.5, 0.6) is 0 Å². The third kappa shape index (κ3) is 3.80. The molecule has 0 aromatic carbocycles. The average Bonchev–Trinajstić information content (AvgIpc) is 2.55. The maximum atomic E-state index is 12.0. The molecule has 98 valence electrons. The van der Waals surface area contributed by atoms with Gasteiger partial charge in [-0.1, -0.05) is 19.8 Å². The number of amides is 1. The zero-order valence-electron chi connectivity index (χ0n) is 10.7. The van der Waals surface area contributed by atoms with Gasteiger partial charge in [-0.25, -0.2) is 4.98 Å². The van der Waals surface area contributed by atoms with E-state index in [0.29, 0.717) is 11.7 Å². The highest BCUT2D eigenvalue weighted by atomic mass is 79.9. The zero-order valence-corrected chi connectivity index (χ0v) is 12.2. The Morgan fingerprint density at radius 1 is 1.33 bits per heavy atom. The first kappa shape index (κ1) is 13.5. The lowest BCUT2D eigenvalue weighted by Gasteiger charge is -2.16. The topological polar surface area (TPSA) is 42.0 Å². The molecule has 0 saturated heterocycles. The Morgan fingerprint density at radius 2 is 2.17 bits per heavy atom. The number of rotatable bonds is 2. The monoisotopic (exact) mass is 310 g/mol. The number of carbonyl (C=O) groups excluding carboxylic acids is 1. The molecule has 2 rings (SSSR count). The molecule has 1 heterocycles. The van der Waals surface area contributed by atoms with Crippen LogP contribution in [0.2, 0.25) is 0 Å². The van der Waals surface area contributed by atoms with Crippen molar-refractivity contribution in [2.75, 3.05) is 0 Å². The van der Waals surface area contributed by atoms with Gasteiger partial charge in [-0.3, -0.25) is 4.79 Å². The third-order valence-electron chi connectivity index (χ3n) is 3.55. The summed E-state index contributed by atoms with van der Waals surface area (Å²) in [6.07, 6.45) is 7.53. The summed E-state index contributed by atoms with van der Waals surface area (Å²) in [5.41, 5.74) is 0.496. The van der Waals surface area contributed by atoms with E-state index in [2.05, 4.69) is 33.2 Å². The van der Waals surface area contributed by atoms with Crippen molar-refractivity contribution in [2.45, 2.75) is 45.1 Å². The predicted octanol–water partition coefficient (Wildman–Crippen LogP) is 3.54. The van der Waals surface area contributed by atoms with E-state index in [4.69, 9.17) is 0 Å². The summed E-state index contributed by atoms with van der Waals surface area (Å²) in [6, 6.07) is 3.91. The molecule has 1 amide bonds. The molecule has 0 radical (unpaired) electrons. The van der Waals surface area contributed by atoms with Crippen LogP contribution in [0.15, 0.2) is 22.8 Å². The number of pyridine rings is 1. The van der Waals surface area contributed by atoms with Crippen molar-refractivity contribution < 1.29 is 4.79 Å². The molecule has 1 aliphatic rings. The Bertz CT molecular complexity index is 405. The lowest BCUT2D eigenvalue weighted by Crippen LogP contribution is -2.34. The van der Waals surface area contributed by atoms with Gasteiger partial charge in [0.05, 0.1) is 0 Å². The first-order valence-electron chi connectivity index (χ1n) is 6.57. The van der Waals surface area contributed by atoms with Gasteiger partial charge in [0.15, 0.2) is 0 Å². The molecule has 3 nitrogen and oxygen atoms in total. The molecule has 18 heavy (non-hydrogen) atoms. The van der Waals surface area contributed by atoms with E-state index in [1.54, 1.807) is 12.3 Å². The second-order valence-electron chi connectivity index (χ2n) is 5.15. The number of aromatic nitrogens is 1. The standard InChI is InChI=1S/C14H19BrN2O/c1-10-3-2-4-12(7-5-10)17-14(18)13-8-6-11(15)9-16-13/h6,8-10,12H,2-5,7H2,1H3,(H,17,18). The molecule has 0 spiro atoms. The molecule has 0 bridgehead atoms. The van der Waals surface area contributed by atoms with Gasteiger partial charge < -0.3 is 5.32 Å². The minimum Gasteiger partial charge on any atom is -0.348 e. The van der Waals surface area contributed by atoms with E-state index in [0.717, 1.165) is 23.2 Å².